The highest BCUT2D eigenvalue weighted by Gasteiger charge is 2.25. The van der Waals surface area contributed by atoms with Crippen LogP contribution in [0, 0.1) is 5.82 Å². The summed E-state index contributed by atoms with van der Waals surface area (Å²) in [6.07, 6.45) is 6.53. The Bertz CT molecular complexity index is 1200. The van der Waals surface area contributed by atoms with Gasteiger partial charge in [-0.2, -0.15) is 4.98 Å². The van der Waals surface area contributed by atoms with Crippen LogP contribution in [-0.4, -0.2) is 81.5 Å². The minimum Gasteiger partial charge on any atom is -0.369 e. The molecule has 1 amide bonds. The number of piperazine rings is 1. The van der Waals surface area contributed by atoms with Gasteiger partial charge in [0, 0.05) is 45.0 Å². The minimum atomic E-state index is -0.348. The van der Waals surface area contributed by atoms with E-state index in [1.807, 2.05) is 10.6 Å². The molecule has 178 valence electrons. The number of fused-ring (bicyclic) bond motifs is 1. The Morgan fingerprint density at radius 1 is 1.21 bits per heavy atom. The van der Waals surface area contributed by atoms with Crippen molar-refractivity contribution in [2.45, 2.75) is 18.9 Å². The van der Waals surface area contributed by atoms with Gasteiger partial charge in [-0.15, -0.1) is 0 Å². The number of likely N-dealkylation sites (tertiary alicyclic amines) is 1. The molecule has 1 atom stereocenters. The number of amides is 1. The lowest BCUT2D eigenvalue weighted by molar-refractivity contribution is -0.127. The Labute approximate surface area is 197 Å². The van der Waals surface area contributed by atoms with Gasteiger partial charge in [-0.05, 0) is 44.2 Å². The van der Waals surface area contributed by atoms with Gasteiger partial charge in [-0.25, -0.2) is 14.4 Å². The molecule has 1 aromatic carbocycles. The number of hydrogen-bond donors (Lipinski definition) is 1. The first kappa shape index (κ1) is 22.3. The van der Waals surface area contributed by atoms with Crippen molar-refractivity contribution < 1.29 is 9.18 Å². The van der Waals surface area contributed by atoms with Gasteiger partial charge in [0.1, 0.15) is 11.3 Å². The molecule has 1 N–H and O–H groups in total. The summed E-state index contributed by atoms with van der Waals surface area (Å²) in [6.45, 7) is 8.57. The van der Waals surface area contributed by atoms with Gasteiger partial charge in [0.2, 0.25) is 11.9 Å². The molecule has 2 fully saturated rings. The lowest BCUT2D eigenvalue weighted by Gasteiger charge is -2.34. The molecule has 5 rings (SSSR count). The summed E-state index contributed by atoms with van der Waals surface area (Å²) in [5.74, 6) is -0.114. The quantitative estimate of drug-likeness (QED) is 0.582. The average Bonchev–Trinajstić information content (AvgIpc) is 3.28. The fraction of sp³-hybridized carbons (Fsp3) is 0.417. The van der Waals surface area contributed by atoms with Gasteiger partial charge in [-0.3, -0.25) is 4.79 Å². The summed E-state index contributed by atoms with van der Waals surface area (Å²) >= 11 is 0. The number of aromatic nitrogens is 4. The van der Waals surface area contributed by atoms with Crippen LogP contribution in [0.5, 0.6) is 0 Å². The van der Waals surface area contributed by atoms with E-state index in [4.69, 9.17) is 0 Å². The third-order valence-corrected chi connectivity index (χ3v) is 6.66. The van der Waals surface area contributed by atoms with E-state index in [1.54, 1.807) is 29.6 Å². The zero-order chi connectivity index (χ0) is 23.7. The van der Waals surface area contributed by atoms with Crippen molar-refractivity contribution in [1.82, 2.24) is 29.3 Å². The molecule has 1 unspecified atom stereocenters. The molecule has 0 aliphatic carbocycles. The van der Waals surface area contributed by atoms with Crippen LogP contribution in [0.2, 0.25) is 0 Å². The van der Waals surface area contributed by atoms with Gasteiger partial charge in [-0.1, -0.05) is 6.58 Å². The van der Waals surface area contributed by atoms with Gasteiger partial charge >= 0.3 is 0 Å². The van der Waals surface area contributed by atoms with Crippen molar-refractivity contribution in [3.63, 3.8) is 0 Å². The number of piperidine rings is 1. The van der Waals surface area contributed by atoms with Crippen LogP contribution in [-0.2, 0) is 4.79 Å². The highest BCUT2D eigenvalue weighted by molar-refractivity contribution is 5.87. The zero-order valence-electron chi connectivity index (χ0n) is 19.3. The number of halogens is 1. The topological polar surface area (TPSA) is 82.4 Å². The van der Waals surface area contributed by atoms with Crippen LogP contribution in [0.4, 0.5) is 21.7 Å². The number of anilines is 3. The van der Waals surface area contributed by atoms with Crippen molar-refractivity contribution in [2.24, 2.45) is 0 Å². The molecule has 2 aromatic heterocycles. The van der Waals surface area contributed by atoms with E-state index in [1.165, 1.54) is 6.08 Å². The smallest absolute Gasteiger partial charge is 0.246 e. The number of nitrogens with one attached hydrogen (secondary N) is 1. The first-order valence-corrected chi connectivity index (χ1v) is 11.6. The van der Waals surface area contributed by atoms with Gasteiger partial charge in [0.25, 0.3) is 0 Å². The minimum absolute atomic E-state index is 0.0602. The van der Waals surface area contributed by atoms with Crippen molar-refractivity contribution in [1.29, 1.82) is 0 Å². The second kappa shape index (κ2) is 9.38. The molecule has 2 aliphatic heterocycles. The number of carbonyl (C=O) groups is 1. The maximum Gasteiger partial charge on any atom is 0.246 e. The van der Waals surface area contributed by atoms with Crippen LogP contribution in [0.1, 0.15) is 18.9 Å². The second-order valence-electron chi connectivity index (χ2n) is 8.92. The molecular formula is C24H29FN8O. The lowest BCUT2D eigenvalue weighted by atomic mass is 10.1. The normalized spacial score (nSPS) is 19.4. The van der Waals surface area contributed by atoms with E-state index >= 15 is 0 Å². The van der Waals surface area contributed by atoms with E-state index in [9.17, 15) is 9.18 Å². The average molecular weight is 465 g/mol. The van der Waals surface area contributed by atoms with Crippen LogP contribution < -0.4 is 10.2 Å². The summed E-state index contributed by atoms with van der Waals surface area (Å²) in [5, 5.41) is 3.01. The highest BCUT2D eigenvalue weighted by atomic mass is 19.1. The fourth-order valence-corrected chi connectivity index (χ4v) is 4.65. The van der Waals surface area contributed by atoms with E-state index in [2.05, 4.69) is 43.7 Å². The number of carbonyl (C=O) groups excluding carboxylic acids is 1. The first-order chi connectivity index (χ1) is 16.5. The standard InChI is InChI=1S/C24H29FN8O/c1-3-22(34)32-8-4-5-18(15-32)33-16-27-21-14-26-24(29-23(21)33)28-20-7-6-17(13-19(20)25)31-11-9-30(2)10-12-31/h3,6-7,13-14,16,18H,1,4-5,8-12,15H2,2H3,(H,26,28,29). The molecular weight excluding hydrogens is 435 g/mol. The molecule has 2 saturated heterocycles. The number of rotatable bonds is 5. The summed E-state index contributed by atoms with van der Waals surface area (Å²) in [7, 11) is 2.10. The number of nitrogens with zero attached hydrogens (tertiary/aromatic N) is 7. The Morgan fingerprint density at radius 3 is 2.79 bits per heavy atom. The molecule has 9 nitrogen and oxygen atoms in total. The monoisotopic (exact) mass is 464 g/mol. The fourth-order valence-electron chi connectivity index (χ4n) is 4.65. The molecule has 3 aromatic rings. The molecule has 34 heavy (non-hydrogen) atoms. The largest absolute Gasteiger partial charge is 0.369 e. The van der Waals surface area contributed by atoms with Crippen molar-refractivity contribution >= 4 is 34.4 Å². The first-order valence-electron chi connectivity index (χ1n) is 11.6. The highest BCUT2D eigenvalue weighted by Crippen LogP contribution is 2.27. The van der Waals surface area contributed by atoms with Crippen molar-refractivity contribution in [3.05, 3.63) is 49.2 Å². The molecule has 0 radical (unpaired) electrons. The Kier molecular flexibility index (Phi) is 6.14. The molecule has 0 bridgehead atoms. The predicted octanol–water partition coefficient (Wildman–Crippen LogP) is 2.81. The predicted molar refractivity (Wildman–Crippen MR) is 130 cm³/mol. The van der Waals surface area contributed by atoms with E-state index in [-0.39, 0.29) is 17.8 Å². The van der Waals surface area contributed by atoms with E-state index in [0.717, 1.165) is 51.3 Å². The lowest BCUT2D eigenvalue weighted by Crippen LogP contribution is -2.44. The summed E-state index contributed by atoms with van der Waals surface area (Å²) in [6, 6.07) is 5.27. The molecule has 4 heterocycles. The van der Waals surface area contributed by atoms with Crippen LogP contribution >= 0.6 is 0 Å². The summed E-state index contributed by atoms with van der Waals surface area (Å²) in [4.78, 5) is 31.7. The third kappa shape index (κ3) is 4.45. The van der Waals surface area contributed by atoms with E-state index in [0.29, 0.717) is 29.3 Å². The molecule has 0 saturated carbocycles. The van der Waals surface area contributed by atoms with E-state index < -0.39 is 0 Å². The van der Waals surface area contributed by atoms with Crippen LogP contribution in [0.25, 0.3) is 11.2 Å². The zero-order valence-corrected chi connectivity index (χ0v) is 19.3. The number of hydrogen-bond acceptors (Lipinski definition) is 7. The van der Waals surface area contributed by atoms with Crippen molar-refractivity contribution in [3.8, 4) is 0 Å². The Morgan fingerprint density at radius 2 is 2.03 bits per heavy atom. The SMILES string of the molecule is C=CC(=O)N1CCCC(n2cnc3cnc(Nc4ccc(N5CCN(C)CC5)cc4F)nc32)C1. The van der Waals surface area contributed by atoms with Gasteiger partial charge in [0.15, 0.2) is 5.65 Å². The van der Waals surface area contributed by atoms with Gasteiger partial charge in [0.05, 0.1) is 24.3 Å². The number of imidazole rings is 1. The van der Waals surface area contributed by atoms with Crippen molar-refractivity contribution in [2.75, 3.05) is 56.5 Å². The Hall–Kier alpha value is -3.53. The third-order valence-electron chi connectivity index (χ3n) is 6.66. The maximum absolute atomic E-state index is 14.9. The second-order valence-corrected chi connectivity index (χ2v) is 8.92. The summed E-state index contributed by atoms with van der Waals surface area (Å²) < 4.78 is 16.9. The Balaban J connectivity index is 1.35. The maximum atomic E-state index is 14.9. The summed E-state index contributed by atoms with van der Waals surface area (Å²) in [5.41, 5.74) is 2.51. The number of likely N-dealkylation sites (N-methyl/N-ethyl adjacent to an activating group) is 1. The molecule has 2 aliphatic rings. The molecule has 0 spiro atoms. The van der Waals surface area contributed by atoms with Gasteiger partial charge < -0.3 is 24.6 Å². The van der Waals surface area contributed by atoms with Crippen LogP contribution in [0.3, 0.4) is 0 Å². The molecule has 10 heteroatoms. The van der Waals surface area contributed by atoms with Crippen LogP contribution in [0.15, 0.2) is 43.4 Å². The number of benzene rings is 1.